The summed E-state index contributed by atoms with van der Waals surface area (Å²) in [4.78, 5) is 71.2. The number of carbonyl (C=O) groups excluding carboxylic acids is 4. The molecule has 0 bridgehead atoms. The lowest BCUT2D eigenvalue weighted by atomic mass is 10.0. The lowest BCUT2D eigenvalue weighted by Gasteiger charge is -2.30. The number of nitrogens with zero attached hydrogens (tertiary/aromatic N) is 4. The maximum Gasteiger partial charge on any atom is 0.407 e. The lowest BCUT2D eigenvalue weighted by molar-refractivity contribution is -0.136. The zero-order chi connectivity index (χ0) is 39.0. The van der Waals surface area contributed by atoms with Gasteiger partial charge in [0.15, 0.2) is 0 Å². The summed E-state index contributed by atoms with van der Waals surface area (Å²) in [7, 11) is 2.58. The van der Waals surface area contributed by atoms with Crippen LogP contribution in [0.3, 0.4) is 0 Å². The van der Waals surface area contributed by atoms with Crippen molar-refractivity contribution < 1.29 is 28.7 Å². The van der Waals surface area contributed by atoms with Gasteiger partial charge < -0.3 is 39.9 Å². The minimum Gasteiger partial charge on any atom is -0.453 e. The van der Waals surface area contributed by atoms with Gasteiger partial charge in [-0.2, -0.15) is 0 Å². The first kappa shape index (κ1) is 37.9. The Labute approximate surface area is 323 Å². The zero-order valence-electron chi connectivity index (χ0n) is 32.0. The molecule has 0 spiro atoms. The Bertz CT molecular complexity index is 2070. The molecule has 2 aromatic carbocycles. The molecule has 15 heteroatoms. The van der Waals surface area contributed by atoms with Gasteiger partial charge in [-0.25, -0.2) is 19.6 Å². The first-order chi connectivity index (χ1) is 26.5. The third-order valence-corrected chi connectivity index (χ3v) is 11.9. The standard InChI is InChI=1S/C40H48N8O6S/c1-21(2)33(45-39(51)53-5)37(49)47-15-7-9-29(47)35-41-19-27(43-35)23-11-13-25-26-14-12-24(18-32(26)55-31(25)17-23)28-20-42-36(44-28)30-10-8-16-48(30)38(50)34(22(3)4)46-40(52)54-6/h11-14,17-22,29-30,33-34H,7-10,15-16H2,1-6H3,(H,41,43)(H,42,44)(H,45,51)(H,46,52)/t29-,30-,33-,34-/m0/s1. The van der Waals surface area contributed by atoms with Gasteiger partial charge >= 0.3 is 12.2 Å². The molecule has 2 fully saturated rings. The van der Waals surface area contributed by atoms with Gasteiger partial charge in [0.1, 0.15) is 23.7 Å². The number of ether oxygens (including phenoxy) is 2. The Kier molecular flexibility index (Phi) is 10.8. The van der Waals surface area contributed by atoms with E-state index < -0.39 is 24.3 Å². The number of fused-ring (bicyclic) bond motifs is 3. The second-order valence-electron chi connectivity index (χ2n) is 15.0. The lowest BCUT2D eigenvalue weighted by Crippen LogP contribution is -2.51. The van der Waals surface area contributed by atoms with Crippen molar-refractivity contribution >= 4 is 55.5 Å². The number of rotatable bonds is 10. The number of hydrogen-bond acceptors (Lipinski definition) is 9. The Morgan fingerprint density at radius 3 is 1.51 bits per heavy atom. The SMILES string of the molecule is COC(=O)N[C@H](C(=O)N1CCC[C@H]1c1ncc(-c2ccc3c(c2)sc2cc(-c4cnc([C@@H]5CCCN5C(=O)[C@@H](NC(=O)OC)C(C)C)[nH]4)ccc23)[nH]1)C(C)C. The number of H-pyrrole nitrogens is 2. The molecule has 7 rings (SSSR count). The normalized spacial score (nSPS) is 18.3. The Morgan fingerprint density at radius 1 is 0.709 bits per heavy atom. The predicted molar refractivity (Wildman–Crippen MR) is 210 cm³/mol. The van der Waals surface area contributed by atoms with Crippen molar-refractivity contribution in [2.24, 2.45) is 11.8 Å². The van der Waals surface area contributed by atoms with Gasteiger partial charge in [-0.3, -0.25) is 9.59 Å². The monoisotopic (exact) mass is 768 g/mol. The number of methoxy groups -OCH3 is 2. The van der Waals surface area contributed by atoms with E-state index in [2.05, 4.69) is 57.0 Å². The van der Waals surface area contributed by atoms with Crippen LogP contribution < -0.4 is 10.6 Å². The van der Waals surface area contributed by atoms with Crippen molar-refractivity contribution in [3.8, 4) is 22.5 Å². The summed E-state index contributed by atoms with van der Waals surface area (Å²) in [5, 5.41) is 7.72. The molecule has 0 aliphatic carbocycles. The van der Waals surface area contributed by atoms with Crippen LogP contribution in [-0.2, 0) is 19.1 Å². The van der Waals surface area contributed by atoms with Crippen LogP contribution in [0.2, 0.25) is 0 Å². The van der Waals surface area contributed by atoms with E-state index in [1.807, 2.05) is 49.9 Å². The number of alkyl carbamates (subject to hydrolysis) is 2. The summed E-state index contributed by atoms with van der Waals surface area (Å²) in [5.74, 6) is 0.955. The van der Waals surface area contributed by atoms with Crippen LogP contribution in [0, 0.1) is 11.8 Å². The van der Waals surface area contributed by atoms with Crippen molar-refractivity contribution in [3.63, 3.8) is 0 Å². The maximum atomic E-state index is 13.6. The molecule has 0 radical (unpaired) electrons. The molecule has 0 unspecified atom stereocenters. The third kappa shape index (κ3) is 7.49. The van der Waals surface area contributed by atoms with Crippen LogP contribution in [-0.4, -0.2) is 93.1 Å². The van der Waals surface area contributed by atoms with E-state index in [0.29, 0.717) is 13.1 Å². The minimum absolute atomic E-state index is 0.108. The Balaban J connectivity index is 1.09. The highest BCUT2D eigenvalue weighted by Gasteiger charge is 2.39. The molecular weight excluding hydrogens is 721 g/mol. The van der Waals surface area contributed by atoms with Crippen LogP contribution >= 0.6 is 11.3 Å². The number of amides is 4. The number of aromatic nitrogens is 4. The average molecular weight is 769 g/mol. The molecule has 2 aliphatic rings. The summed E-state index contributed by atoms with van der Waals surface area (Å²) >= 11 is 1.71. The molecule has 5 aromatic rings. The summed E-state index contributed by atoms with van der Waals surface area (Å²) < 4.78 is 11.8. The summed E-state index contributed by atoms with van der Waals surface area (Å²) in [6, 6.07) is 11.0. The molecule has 4 N–H and O–H groups in total. The quantitative estimate of drug-likeness (QED) is 0.118. The third-order valence-electron chi connectivity index (χ3n) is 10.8. The van der Waals surface area contributed by atoms with E-state index in [0.717, 1.165) is 80.0 Å². The highest BCUT2D eigenvalue weighted by atomic mass is 32.1. The van der Waals surface area contributed by atoms with E-state index in [-0.39, 0.29) is 35.7 Å². The van der Waals surface area contributed by atoms with Gasteiger partial charge in [0.2, 0.25) is 11.8 Å². The fourth-order valence-electron chi connectivity index (χ4n) is 7.80. The molecule has 5 heterocycles. The Morgan fingerprint density at radius 2 is 1.13 bits per heavy atom. The van der Waals surface area contributed by atoms with Crippen molar-refractivity contribution in [1.29, 1.82) is 0 Å². The van der Waals surface area contributed by atoms with Crippen LogP contribution in [0.5, 0.6) is 0 Å². The molecule has 290 valence electrons. The van der Waals surface area contributed by atoms with Crippen LogP contribution in [0.1, 0.15) is 77.1 Å². The highest BCUT2D eigenvalue weighted by Crippen LogP contribution is 2.40. The number of aromatic amines is 2. The molecule has 14 nitrogen and oxygen atoms in total. The van der Waals surface area contributed by atoms with Crippen LogP contribution in [0.25, 0.3) is 42.7 Å². The first-order valence-corrected chi connectivity index (χ1v) is 19.7. The highest BCUT2D eigenvalue weighted by molar-refractivity contribution is 7.25. The fourth-order valence-corrected chi connectivity index (χ4v) is 8.99. The zero-order valence-corrected chi connectivity index (χ0v) is 32.8. The largest absolute Gasteiger partial charge is 0.453 e. The number of imidazole rings is 2. The fraction of sp³-hybridized carbons (Fsp3) is 0.450. The molecule has 2 aliphatic heterocycles. The van der Waals surface area contributed by atoms with Gasteiger partial charge in [-0.05, 0) is 49.7 Å². The maximum absolute atomic E-state index is 13.6. The summed E-state index contributed by atoms with van der Waals surface area (Å²) in [6.45, 7) is 8.80. The molecule has 55 heavy (non-hydrogen) atoms. The number of thiophene rings is 1. The van der Waals surface area contributed by atoms with Gasteiger partial charge in [0.25, 0.3) is 0 Å². The molecular formula is C40H48N8O6S. The van der Waals surface area contributed by atoms with Gasteiger partial charge in [-0.1, -0.05) is 52.0 Å². The van der Waals surface area contributed by atoms with Crippen LogP contribution in [0.4, 0.5) is 9.59 Å². The second-order valence-corrected chi connectivity index (χ2v) is 16.1. The van der Waals surface area contributed by atoms with Crippen molar-refractivity contribution in [2.45, 2.75) is 77.5 Å². The topological polar surface area (TPSA) is 175 Å². The summed E-state index contributed by atoms with van der Waals surface area (Å²) in [6.07, 6.45) is 5.65. The van der Waals surface area contributed by atoms with E-state index >= 15 is 0 Å². The molecule has 3 aromatic heterocycles. The molecule has 2 saturated heterocycles. The second kappa shape index (κ2) is 15.7. The molecule has 4 amide bonds. The Hall–Kier alpha value is -5.44. The van der Waals surface area contributed by atoms with Crippen molar-refractivity contribution in [3.05, 3.63) is 60.4 Å². The predicted octanol–water partition coefficient (Wildman–Crippen LogP) is 6.92. The number of nitrogens with one attached hydrogen (secondary N) is 4. The van der Waals surface area contributed by atoms with Crippen molar-refractivity contribution in [2.75, 3.05) is 27.3 Å². The van der Waals surface area contributed by atoms with Crippen LogP contribution in [0.15, 0.2) is 48.8 Å². The van der Waals surface area contributed by atoms with E-state index in [1.54, 1.807) is 11.3 Å². The average Bonchev–Trinajstić information content (AvgIpc) is 4.02. The van der Waals surface area contributed by atoms with E-state index in [9.17, 15) is 19.2 Å². The number of likely N-dealkylation sites (tertiary alicyclic amines) is 2. The van der Waals surface area contributed by atoms with E-state index in [1.165, 1.54) is 14.2 Å². The molecule has 4 atom stereocenters. The van der Waals surface area contributed by atoms with Gasteiger partial charge in [-0.15, -0.1) is 11.3 Å². The van der Waals surface area contributed by atoms with Crippen molar-refractivity contribution in [1.82, 2.24) is 40.4 Å². The molecule has 0 saturated carbocycles. The number of carbonyl (C=O) groups is 4. The first-order valence-electron chi connectivity index (χ1n) is 18.8. The van der Waals surface area contributed by atoms with E-state index in [4.69, 9.17) is 19.4 Å². The number of benzene rings is 2. The van der Waals surface area contributed by atoms with Gasteiger partial charge in [0, 0.05) is 44.4 Å². The number of hydrogen-bond donors (Lipinski definition) is 4. The smallest absolute Gasteiger partial charge is 0.407 e. The van der Waals surface area contributed by atoms with Gasteiger partial charge in [0.05, 0.1) is 50.1 Å². The summed E-state index contributed by atoms with van der Waals surface area (Å²) in [5.41, 5.74) is 3.73. The minimum atomic E-state index is -0.692.